The summed E-state index contributed by atoms with van der Waals surface area (Å²) in [7, 11) is 0. The van der Waals surface area contributed by atoms with Gasteiger partial charge in [0, 0.05) is 46.4 Å². The van der Waals surface area contributed by atoms with Crippen LogP contribution < -0.4 is 10.6 Å². The van der Waals surface area contributed by atoms with E-state index in [1.165, 1.54) is 18.2 Å². The number of aromatic nitrogens is 2. The second kappa shape index (κ2) is 8.37. The number of nitrogens with one attached hydrogen (secondary N) is 3. The molecule has 9 nitrogen and oxygen atoms in total. The third kappa shape index (κ3) is 3.76. The average Bonchev–Trinajstić information content (AvgIpc) is 3.50. The Bertz CT molecular complexity index is 1500. The van der Waals surface area contributed by atoms with E-state index < -0.39 is 10.8 Å². The van der Waals surface area contributed by atoms with Crippen molar-refractivity contribution in [3.05, 3.63) is 106 Å². The molecule has 4 aromatic rings. The lowest BCUT2D eigenvalue weighted by Crippen LogP contribution is -2.10. The Morgan fingerprint density at radius 1 is 1.09 bits per heavy atom. The fourth-order valence-electron chi connectivity index (χ4n) is 3.83. The molecular weight excluding hydrogens is 432 g/mol. The van der Waals surface area contributed by atoms with Gasteiger partial charge in [-0.05, 0) is 30.3 Å². The van der Waals surface area contributed by atoms with E-state index in [0.717, 1.165) is 11.3 Å². The van der Waals surface area contributed by atoms with Gasteiger partial charge in [-0.2, -0.15) is 5.26 Å². The number of nitrogens with zero attached hydrogens (tertiary/aromatic N) is 3. The molecule has 5 rings (SSSR count). The number of nitro benzene ring substituents is 1. The second-order valence-corrected chi connectivity index (χ2v) is 7.54. The van der Waals surface area contributed by atoms with Gasteiger partial charge in [0.15, 0.2) is 0 Å². The lowest BCUT2D eigenvalue weighted by molar-refractivity contribution is -0.384. The van der Waals surface area contributed by atoms with E-state index in [4.69, 9.17) is 0 Å². The molecule has 0 bridgehead atoms. The van der Waals surface area contributed by atoms with Crippen LogP contribution in [0.4, 0.5) is 17.1 Å². The number of nitro groups is 1. The maximum atomic E-state index is 13.0. The Kier molecular flexibility index (Phi) is 5.08. The van der Waals surface area contributed by atoms with Crippen LogP contribution in [0.25, 0.3) is 22.5 Å². The maximum Gasteiger partial charge on any atom is 0.270 e. The summed E-state index contributed by atoms with van der Waals surface area (Å²) in [4.78, 5) is 31.0. The molecule has 1 aromatic heterocycles. The summed E-state index contributed by atoms with van der Waals surface area (Å²) in [6.07, 6.45) is 3.39. The standard InChI is InChI=1S/C25H16N6O3/c26-12-15-2-1-3-17(10-15)24(29-18-6-4-16(5-7-18)22-13-27-14-28-22)23-20-11-19(31(33)34)8-9-21(20)30-25(23)32/h1-11,13-14,29H,(H,27,28)(H,30,32). The van der Waals surface area contributed by atoms with E-state index in [0.29, 0.717) is 33.8 Å². The summed E-state index contributed by atoms with van der Waals surface area (Å²) >= 11 is 0. The average molecular weight is 448 g/mol. The van der Waals surface area contributed by atoms with E-state index in [2.05, 4.69) is 26.7 Å². The topological polar surface area (TPSA) is 137 Å². The van der Waals surface area contributed by atoms with Crippen LogP contribution in [0.3, 0.4) is 0 Å². The molecule has 2 heterocycles. The molecule has 0 saturated heterocycles. The molecule has 3 aromatic carbocycles. The highest BCUT2D eigenvalue weighted by molar-refractivity contribution is 6.37. The minimum absolute atomic E-state index is 0.124. The maximum absolute atomic E-state index is 13.0. The molecule has 0 fully saturated rings. The molecule has 0 radical (unpaired) electrons. The van der Waals surface area contributed by atoms with Crippen molar-refractivity contribution in [3.63, 3.8) is 0 Å². The van der Waals surface area contributed by atoms with Gasteiger partial charge in [0.05, 0.1) is 39.8 Å². The number of rotatable bonds is 5. The molecule has 3 N–H and O–H groups in total. The normalized spacial score (nSPS) is 13.6. The van der Waals surface area contributed by atoms with Crippen LogP contribution in [-0.2, 0) is 4.79 Å². The minimum Gasteiger partial charge on any atom is -0.354 e. The van der Waals surface area contributed by atoms with Crippen molar-refractivity contribution >= 4 is 34.2 Å². The van der Waals surface area contributed by atoms with Crippen LogP contribution in [-0.4, -0.2) is 20.8 Å². The van der Waals surface area contributed by atoms with Crippen molar-refractivity contribution in [1.82, 2.24) is 9.97 Å². The number of hydrogen-bond donors (Lipinski definition) is 3. The predicted molar refractivity (Wildman–Crippen MR) is 127 cm³/mol. The van der Waals surface area contributed by atoms with Crippen LogP contribution >= 0.6 is 0 Å². The van der Waals surface area contributed by atoms with Gasteiger partial charge < -0.3 is 15.6 Å². The highest BCUT2D eigenvalue weighted by atomic mass is 16.6. The van der Waals surface area contributed by atoms with E-state index in [-0.39, 0.29) is 11.3 Å². The number of nitriles is 1. The Morgan fingerprint density at radius 2 is 1.91 bits per heavy atom. The molecule has 1 aliphatic rings. The fraction of sp³-hybridized carbons (Fsp3) is 0. The van der Waals surface area contributed by atoms with Crippen molar-refractivity contribution in [2.45, 2.75) is 0 Å². The van der Waals surface area contributed by atoms with Crippen LogP contribution in [0.5, 0.6) is 0 Å². The third-order valence-corrected chi connectivity index (χ3v) is 5.44. The van der Waals surface area contributed by atoms with Gasteiger partial charge in [-0.25, -0.2) is 4.98 Å². The summed E-state index contributed by atoms with van der Waals surface area (Å²) in [5, 5.41) is 26.8. The minimum atomic E-state index is -0.502. The first-order valence-corrected chi connectivity index (χ1v) is 10.2. The van der Waals surface area contributed by atoms with Crippen molar-refractivity contribution in [2.75, 3.05) is 10.6 Å². The zero-order valence-corrected chi connectivity index (χ0v) is 17.6. The van der Waals surface area contributed by atoms with Gasteiger partial charge in [-0.1, -0.05) is 24.3 Å². The van der Waals surface area contributed by atoms with Gasteiger partial charge in [-0.15, -0.1) is 0 Å². The zero-order chi connectivity index (χ0) is 23.7. The highest BCUT2D eigenvalue weighted by Crippen LogP contribution is 2.39. The molecule has 9 heteroatoms. The molecule has 1 aliphatic heterocycles. The first-order valence-electron chi connectivity index (χ1n) is 10.2. The highest BCUT2D eigenvalue weighted by Gasteiger charge is 2.30. The monoisotopic (exact) mass is 448 g/mol. The van der Waals surface area contributed by atoms with Crippen molar-refractivity contribution in [1.29, 1.82) is 5.26 Å². The summed E-state index contributed by atoms with van der Waals surface area (Å²) in [6.45, 7) is 0. The Labute approximate surface area is 193 Å². The molecule has 1 amide bonds. The Hall–Kier alpha value is -5.23. The quantitative estimate of drug-likeness (QED) is 0.228. The molecule has 0 spiro atoms. The zero-order valence-electron chi connectivity index (χ0n) is 17.6. The van der Waals surface area contributed by atoms with Gasteiger partial charge in [0.1, 0.15) is 0 Å². The molecule has 34 heavy (non-hydrogen) atoms. The number of amides is 1. The van der Waals surface area contributed by atoms with Crippen molar-refractivity contribution in [3.8, 4) is 17.3 Å². The molecule has 0 atom stereocenters. The summed E-state index contributed by atoms with van der Waals surface area (Å²) in [6, 6.07) is 20.6. The first-order chi connectivity index (χ1) is 16.5. The van der Waals surface area contributed by atoms with E-state index in [9.17, 15) is 20.2 Å². The summed E-state index contributed by atoms with van der Waals surface area (Å²) in [5.41, 5.74) is 4.87. The number of carbonyl (C=O) groups is 1. The van der Waals surface area contributed by atoms with Gasteiger partial charge >= 0.3 is 0 Å². The molecule has 164 valence electrons. The fourth-order valence-corrected chi connectivity index (χ4v) is 3.83. The largest absolute Gasteiger partial charge is 0.354 e. The van der Waals surface area contributed by atoms with Gasteiger partial charge in [0.2, 0.25) is 0 Å². The van der Waals surface area contributed by atoms with E-state index >= 15 is 0 Å². The Morgan fingerprint density at radius 3 is 2.62 bits per heavy atom. The SMILES string of the molecule is N#Cc1cccc(C(Nc2ccc(-c3c[nH]cn3)cc2)=C2C(=O)Nc3ccc([N+](=O)[O-])cc32)c1. The van der Waals surface area contributed by atoms with Crippen LogP contribution in [0.1, 0.15) is 16.7 Å². The van der Waals surface area contributed by atoms with Crippen molar-refractivity contribution in [2.24, 2.45) is 0 Å². The lowest BCUT2D eigenvalue weighted by atomic mass is 9.98. The number of benzene rings is 3. The summed E-state index contributed by atoms with van der Waals surface area (Å²) < 4.78 is 0. The number of fused-ring (bicyclic) bond motifs is 1. The summed E-state index contributed by atoms with van der Waals surface area (Å²) in [5.74, 6) is -0.395. The number of hydrogen-bond acceptors (Lipinski definition) is 6. The van der Waals surface area contributed by atoms with Crippen LogP contribution in [0.2, 0.25) is 0 Å². The van der Waals surface area contributed by atoms with E-state index in [1.54, 1.807) is 36.8 Å². The van der Waals surface area contributed by atoms with E-state index in [1.807, 2.05) is 24.3 Å². The third-order valence-electron chi connectivity index (χ3n) is 5.44. The number of non-ortho nitro benzene ring substituents is 1. The molecule has 0 saturated carbocycles. The van der Waals surface area contributed by atoms with Gasteiger partial charge in [0.25, 0.3) is 11.6 Å². The predicted octanol–water partition coefficient (Wildman–Crippen LogP) is 4.79. The van der Waals surface area contributed by atoms with Gasteiger partial charge in [-0.3, -0.25) is 14.9 Å². The molecule has 0 unspecified atom stereocenters. The number of imidazole rings is 1. The van der Waals surface area contributed by atoms with Crippen LogP contribution in [0, 0.1) is 21.4 Å². The van der Waals surface area contributed by atoms with Crippen molar-refractivity contribution < 1.29 is 9.72 Å². The number of carbonyl (C=O) groups excluding carboxylic acids is 1. The number of H-pyrrole nitrogens is 1. The first kappa shape index (κ1) is 20.7. The number of aromatic amines is 1. The van der Waals surface area contributed by atoms with Crippen LogP contribution in [0.15, 0.2) is 79.3 Å². The smallest absolute Gasteiger partial charge is 0.270 e. The molecular formula is C25H16N6O3. The number of anilines is 2. The lowest BCUT2D eigenvalue weighted by Gasteiger charge is -2.15. The molecule has 0 aliphatic carbocycles. The second-order valence-electron chi connectivity index (χ2n) is 7.54. The Balaban J connectivity index is 1.65.